The number of nitrogens with zero attached hydrogens (tertiary/aromatic N) is 3. The summed E-state index contributed by atoms with van der Waals surface area (Å²) in [7, 11) is 0. The fourth-order valence-electron chi connectivity index (χ4n) is 3.61. The first kappa shape index (κ1) is 13.4. The van der Waals surface area contributed by atoms with Gasteiger partial charge in [0.15, 0.2) is 0 Å². The molecule has 4 nitrogen and oxygen atoms in total. The molecular weight excluding hydrogens is 250 g/mol. The van der Waals surface area contributed by atoms with Crippen LogP contribution < -0.4 is 4.90 Å². The molecule has 2 aliphatic heterocycles. The number of amides is 1. The summed E-state index contributed by atoms with van der Waals surface area (Å²) in [5.74, 6) is 1.38. The highest BCUT2D eigenvalue weighted by atomic mass is 16.2. The molecule has 1 amide bonds. The smallest absolute Gasteiger partial charge is 0.230 e. The minimum absolute atomic E-state index is 0.153. The van der Waals surface area contributed by atoms with Crippen molar-refractivity contribution < 1.29 is 4.79 Å². The van der Waals surface area contributed by atoms with Crippen molar-refractivity contribution in [2.45, 2.75) is 33.1 Å². The topological polar surface area (TPSA) is 36.4 Å². The van der Waals surface area contributed by atoms with Crippen LogP contribution in [0.2, 0.25) is 0 Å². The van der Waals surface area contributed by atoms with E-state index in [1.165, 1.54) is 0 Å². The number of rotatable bonds is 2. The number of hydrogen-bond acceptors (Lipinski definition) is 3. The van der Waals surface area contributed by atoms with Crippen LogP contribution in [0.1, 0.15) is 31.9 Å². The fraction of sp³-hybridized carbons (Fsp3) is 0.625. The molecule has 0 bridgehead atoms. The minimum Gasteiger partial charge on any atom is -0.356 e. The molecule has 0 radical (unpaired) electrons. The van der Waals surface area contributed by atoms with Crippen LogP contribution in [-0.4, -0.2) is 42.0 Å². The van der Waals surface area contributed by atoms with Gasteiger partial charge in [0.25, 0.3) is 0 Å². The Morgan fingerprint density at radius 2 is 2.15 bits per heavy atom. The third-order valence-electron chi connectivity index (χ3n) is 4.76. The summed E-state index contributed by atoms with van der Waals surface area (Å²) in [5, 5.41) is 0. The summed E-state index contributed by atoms with van der Waals surface area (Å²) in [6, 6.07) is 6.12. The van der Waals surface area contributed by atoms with Crippen molar-refractivity contribution >= 4 is 11.7 Å². The van der Waals surface area contributed by atoms with Crippen molar-refractivity contribution in [1.29, 1.82) is 0 Å². The van der Waals surface area contributed by atoms with Crippen molar-refractivity contribution in [1.82, 2.24) is 9.88 Å². The van der Waals surface area contributed by atoms with Gasteiger partial charge in [0.1, 0.15) is 5.82 Å². The van der Waals surface area contributed by atoms with E-state index in [2.05, 4.69) is 22.9 Å². The van der Waals surface area contributed by atoms with Crippen LogP contribution in [-0.2, 0) is 4.79 Å². The second kappa shape index (κ2) is 5.08. The number of likely N-dealkylation sites (tertiary alicyclic amines) is 1. The molecule has 0 saturated carbocycles. The molecule has 0 aromatic carbocycles. The number of pyridine rings is 1. The SMILES string of the molecule is CCN1CCC2(CCCN(c3cccc(C)n3)C2)C1=O. The van der Waals surface area contributed by atoms with Gasteiger partial charge in [-0.25, -0.2) is 4.98 Å². The van der Waals surface area contributed by atoms with Gasteiger partial charge in [0, 0.05) is 31.9 Å². The van der Waals surface area contributed by atoms with Gasteiger partial charge >= 0.3 is 0 Å². The lowest BCUT2D eigenvalue weighted by Crippen LogP contribution is -2.48. The third kappa shape index (κ3) is 2.17. The van der Waals surface area contributed by atoms with E-state index >= 15 is 0 Å². The van der Waals surface area contributed by atoms with Crippen LogP contribution in [0, 0.1) is 12.3 Å². The molecule has 1 aromatic rings. The second-order valence-electron chi connectivity index (χ2n) is 6.08. The fourth-order valence-corrected chi connectivity index (χ4v) is 3.61. The van der Waals surface area contributed by atoms with E-state index in [9.17, 15) is 4.79 Å². The summed E-state index contributed by atoms with van der Waals surface area (Å²) in [5.41, 5.74) is 0.884. The molecule has 0 N–H and O–H groups in total. The van der Waals surface area contributed by atoms with Crippen molar-refractivity contribution in [3.05, 3.63) is 23.9 Å². The summed E-state index contributed by atoms with van der Waals surface area (Å²) < 4.78 is 0. The molecule has 0 aliphatic carbocycles. The van der Waals surface area contributed by atoms with Gasteiger partial charge in [-0.1, -0.05) is 6.07 Å². The van der Waals surface area contributed by atoms with Gasteiger partial charge in [-0.05, 0) is 45.2 Å². The van der Waals surface area contributed by atoms with Crippen molar-refractivity contribution in [3.8, 4) is 0 Å². The van der Waals surface area contributed by atoms with Crippen LogP contribution in [0.5, 0.6) is 0 Å². The second-order valence-corrected chi connectivity index (χ2v) is 6.08. The molecule has 1 unspecified atom stereocenters. The number of hydrogen-bond donors (Lipinski definition) is 0. The molecule has 1 spiro atoms. The van der Waals surface area contributed by atoms with Crippen LogP contribution >= 0.6 is 0 Å². The van der Waals surface area contributed by atoms with E-state index in [-0.39, 0.29) is 5.41 Å². The third-order valence-corrected chi connectivity index (χ3v) is 4.76. The molecule has 2 aliphatic rings. The molecule has 3 rings (SSSR count). The van der Waals surface area contributed by atoms with E-state index in [4.69, 9.17) is 0 Å². The summed E-state index contributed by atoms with van der Waals surface area (Å²) in [6.07, 6.45) is 3.12. The van der Waals surface area contributed by atoms with E-state index < -0.39 is 0 Å². The molecular formula is C16H23N3O. The zero-order valence-corrected chi connectivity index (χ0v) is 12.4. The van der Waals surface area contributed by atoms with Crippen LogP contribution in [0.3, 0.4) is 0 Å². The van der Waals surface area contributed by atoms with Gasteiger partial charge in [-0.2, -0.15) is 0 Å². The number of aryl methyl sites for hydroxylation is 1. The molecule has 2 fully saturated rings. The first-order chi connectivity index (χ1) is 9.64. The van der Waals surface area contributed by atoms with E-state index in [1.807, 2.05) is 24.0 Å². The van der Waals surface area contributed by atoms with E-state index in [0.717, 1.165) is 57.0 Å². The first-order valence-corrected chi connectivity index (χ1v) is 7.63. The first-order valence-electron chi connectivity index (χ1n) is 7.63. The van der Waals surface area contributed by atoms with Crippen LogP contribution in [0.15, 0.2) is 18.2 Å². The van der Waals surface area contributed by atoms with Gasteiger partial charge in [0.05, 0.1) is 5.41 Å². The van der Waals surface area contributed by atoms with Gasteiger partial charge in [-0.15, -0.1) is 0 Å². The average molecular weight is 273 g/mol. The molecule has 1 aromatic heterocycles. The lowest BCUT2D eigenvalue weighted by atomic mass is 9.78. The van der Waals surface area contributed by atoms with Crippen molar-refractivity contribution in [2.75, 3.05) is 31.1 Å². The highest BCUT2D eigenvalue weighted by molar-refractivity contribution is 5.85. The Hall–Kier alpha value is -1.58. The lowest BCUT2D eigenvalue weighted by Gasteiger charge is -2.39. The molecule has 2 saturated heterocycles. The molecule has 3 heterocycles. The summed E-state index contributed by atoms with van der Waals surface area (Å²) in [6.45, 7) is 7.69. The van der Waals surface area contributed by atoms with Crippen LogP contribution in [0.25, 0.3) is 0 Å². The van der Waals surface area contributed by atoms with Crippen molar-refractivity contribution in [2.24, 2.45) is 5.41 Å². The Bertz CT molecular complexity index is 516. The maximum absolute atomic E-state index is 12.6. The number of piperidine rings is 1. The molecule has 4 heteroatoms. The number of carbonyl (C=O) groups excluding carboxylic acids is 1. The summed E-state index contributed by atoms with van der Waals surface area (Å²) in [4.78, 5) is 21.6. The van der Waals surface area contributed by atoms with Crippen LogP contribution in [0.4, 0.5) is 5.82 Å². The normalized spacial score (nSPS) is 26.6. The lowest BCUT2D eigenvalue weighted by molar-refractivity contribution is -0.136. The predicted octanol–water partition coefficient (Wildman–Crippen LogP) is 2.23. The molecule has 1 atom stereocenters. The highest BCUT2D eigenvalue weighted by Crippen LogP contribution is 2.40. The highest BCUT2D eigenvalue weighted by Gasteiger charge is 2.48. The van der Waals surface area contributed by atoms with Gasteiger partial charge in [0.2, 0.25) is 5.91 Å². The Labute approximate surface area is 120 Å². The van der Waals surface area contributed by atoms with E-state index in [1.54, 1.807) is 0 Å². The number of anilines is 1. The van der Waals surface area contributed by atoms with E-state index in [0.29, 0.717) is 5.91 Å². The predicted molar refractivity (Wildman–Crippen MR) is 79.7 cm³/mol. The Morgan fingerprint density at radius 1 is 1.30 bits per heavy atom. The average Bonchev–Trinajstić information content (AvgIpc) is 2.76. The maximum Gasteiger partial charge on any atom is 0.230 e. The zero-order valence-electron chi connectivity index (χ0n) is 12.4. The standard InChI is InChI=1S/C16H23N3O/c1-3-18-11-9-16(15(18)20)8-5-10-19(12-16)14-7-4-6-13(2)17-14/h4,6-7H,3,5,8-12H2,1-2H3. The Morgan fingerprint density at radius 3 is 2.85 bits per heavy atom. The number of carbonyl (C=O) groups is 1. The molecule has 108 valence electrons. The maximum atomic E-state index is 12.6. The Balaban J connectivity index is 1.82. The number of aromatic nitrogens is 1. The van der Waals surface area contributed by atoms with Gasteiger partial charge < -0.3 is 9.80 Å². The summed E-state index contributed by atoms with van der Waals surface area (Å²) >= 11 is 0. The Kier molecular flexibility index (Phi) is 3.40. The zero-order chi connectivity index (χ0) is 14.2. The monoisotopic (exact) mass is 273 g/mol. The molecule has 20 heavy (non-hydrogen) atoms. The minimum atomic E-state index is -0.153. The van der Waals surface area contributed by atoms with Crippen molar-refractivity contribution in [3.63, 3.8) is 0 Å². The quantitative estimate of drug-likeness (QED) is 0.829. The largest absolute Gasteiger partial charge is 0.356 e. The van der Waals surface area contributed by atoms with Gasteiger partial charge in [-0.3, -0.25) is 4.79 Å².